The lowest BCUT2D eigenvalue weighted by Crippen LogP contribution is -3.11. The topological polar surface area (TPSA) is 52.0 Å². The van der Waals surface area contributed by atoms with Crippen molar-refractivity contribution < 1.29 is 19.2 Å². The summed E-state index contributed by atoms with van der Waals surface area (Å²) < 4.78 is 10.9. The number of carbonyl (C=O) groups is 1. The van der Waals surface area contributed by atoms with Crippen molar-refractivity contribution in [3.63, 3.8) is 0 Å². The van der Waals surface area contributed by atoms with Crippen LogP contribution in [0, 0.1) is 0 Å². The van der Waals surface area contributed by atoms with Gasteiger partial charge in [0, 0.05) is 25.5 Å². The summed E-state index contributed by atoms with van der Waals surface area (Å²) in [5.41, 5.74) is 2.47. The van der Waals surface area contributed by atoms with Crippen LogP contribution < -0.4 is 19.7 Å². The molecule has 2 aromatic carbocycles. The molecule has 1 amide bonds. The quantitative estimate of drug-likeness (QED) is 0.653. The molecule has 28 heavy (non-hydrogen) atoms. The summed E-state index contributed by atoms with van der Waals surface area (Å²) >= 11 is 0. The number of ether oxygens (including phenoxy) is 2. The molecule has 0 saturated carbocycles. The van der Waals surface area contributed by atoms with E-state index in [-0.39, 0.29) is 11.9 Å². The summed E-state index contributed by atoms with van der Waals surface area (Å²) in [5, 5.41) is 3.09. The van der Waals surface area contributed by atoms with Gasteiger partial charge in [-0.15, -0.1) is 0 Å². The van der Waals surface area contributed by atoms with E-state index >= 15 is 0 Å². The molecule has 5 nitrogen and oxygen atoms in total. The van der Waals surface area contributed by atoms with E-state index in [1.54, 1.807) is 14.2 Å². The van der Waals surface area contributed by atoms with Crippen LogP contribution in [0.4, 0.5) is 0 Å². The fourth-order valence-corrected chi connectivity index (χ4v) is 4.04. The number of quaternary nitrogens is 1. The van der Waals surface area contributed by atoms with Gasteiger partial charge in [0.2, 0.25) is 0 Å². The number of carbonyl (C=O) groups excluding carboxylic acids is 1. The minimum Gasteiger partial charge on any atom is -0.497 e. The van der Waals surface area contributed by atoms with E-state index in [0.717, 1.165) is 55.8 Å². The summed E-state index contributed by atoms with van der Waals surface area (Å²) in [6, 6.07) is 16.6. The van der Waals surface area contributed by atoms with Crippen LogP contribution in [0.2, 0.25) is 0 Å². The molecule has 0 spiro atoms. The molecule has 5 heteroatoms. The highest BCUT2D eigenvalue weighted by Gasteiger charge is 2.33. The van der Waals surface area contributed by atoms with Crippen LogP contribution in [0.1, 0.15) is 36.4 Å². The summed E-state index contributed by atoms with van der Waals surface area (Å²) in [4.78, 5) is 13.8. The van der Waals surface area contributed by atoms with Crippen molar-refractivity contribution in [2.45, 2.75) is 31.7 Å². The van der Waals surface area contributed by atoms with Crippen LogP contribution in [0.5, 0.6) is 11.5 Å². The summed E-state index contributed by atoms with van der Waals surface area (Å²) in [6.45, 7) is 2.24. The van der Waals surface area contributed by atoms with Crippen molar-refractivity contribution in [1.82, 2.24) is 5.32 Å². The average molecular weight is 384 g/mol. The Labute approximate surface area is 167 Å². The second-order valence-electron chi connectivity index (χ2n) is 7.33. The van der Waals surface area contributed by atoms with Gasteiger partial charge in [0.05, 0.1) is 26.3 Å². The van der Waals surface area contributed by atoms with E-state index in [1.165, 1.54) is 10.5 Å². The van der Waals surface area contributed by atoms with Crippen LogP contribution in [0.3, 0.4) is 0 Å². The van der Waals surface area contributed by atoms with E-state index in [0.29, 0.717) is 6.54 Å². The second-order valence-corrected chi connectivity index (χ2v) is 7.33. The zero-order valence-corrected chi connectivity index (χ0v) is 16.9. The molecule has 2 aromatic rings. The number of aryl methyl sites for hydroxylation is 1. The molecule has 0 radical (unpaired) electrons. The zero-order chi connectivity index (χ0) is 19.8. The number of nitrogens with one attached hydrogen (secondary N) is 2. The SMILES string of the molecule is COc1ccc([C@H]2CCC[NH+]2CC(=O)NCCCc2ccccc2)c(OC)c1. The third-order valence-electron chi connectivity index (χ3n) is 5.49. The fraction of sp³-hybridized carbons (Fsp3) is 0.435. The molecule has 1 fully saturated rings. The maximum Gasteiger partial charge on any atom is 0.275 e. The highest BCUT2D eigenvalue weighted by Crippen LogP contribution is 2.31. The monoisotopic (exact) mass is 383 g/mol. The van der Waals surface area contributed by atoms with Crippen molar-refractivity contribution in [2.24, 2.45) is 0 Å². The number of hydrogen-bond acceptors (Lipinski definition) is 3. The summed E-state index contributed by atoms with van der Waals surface area (Å²) in [5.74, 6) is 1.76. The number of amides is 1. The predicted molar refractivity (Wildman–Crippen MR) is 110 cm³/mol. The van der Waals surface area contributed by atoms with Gasteiger partial charge in [0.1, 0.15) is 17.5 Å². The Bertz CT molecular complexity index is 764. The van der Waals surface area contributed by atoms with Crippen molar-refractivity contribution in [2.75, 3.05) is 33.9 Å². The molecular weight excluding hydrogens is 352 g/mol. The van der Waals surface area contributed by atoms with Gasteiger partial charge in [-0.25, -0.2) is 0 Å². The van der Waals surface area contributed by atoms with Gasteiger partial charge in [0.15, 0.2) is 6.54 Å². The van der Waals surface area contributed by atoms with E-state index in [9.17, 15) is 4.79 Å². The minimum atomic E-state index is 0.127. The molecule has 0 bridgehead atoms. The highest BCUT2D eigenvalue weighted by molar-refractivity contribution is 5.76. The first-order chi connectivity index (χ1) is 13.7. The lowest BCUT2D eigenvalue weighted by atomic mass is 10.0. The minimum absolute atomic E-state index is 0.127. The number of methoxy groups -OCH3 is 2. The smallest absolute Gasteiger partial charge is 0.275 e. The Balaban J connectivity index is 1.51. The first-order valence-electron chi connectivity index (χ1n) is 10.1. The van der Waals surface area contributed by atoms with Crippen LogP contribution in [-0.4, -0.2) is 39.8 Å². The van der Waals surface area contributed by atoms with E-state index < -0.39 is 0 Å². The second kappa shape index (κ2) is 10.1. The Morgan fingerprint density at radius 1 is 1.14 bits per heavy atom. The standard InChI is InChI=1S/C23H30N2O3/c1-27-19-12-13-20(22(16-19)28-2)21-11-7-15-25(21)17-23(26)24-14-6-10-18-8-4-3-5-9-18/h3-5,8-9,12-13,16,21H,6-7,10-11,14-15,17H2,1-2H3,(H,24,26)/p+1/t21-/m1/s1. The van der Waals surface area contributed by atoms with Gasteiger partial charge in [-0.2, -0.15) is 0 Å². The largest absolute Gasteiger partial charge is 0.497 e. The Kier molecular flexibility index (Phi) is 7.31. The predicted octanol–water partition coefficient (Wildman–Crippen LogP) is 2.17. The molecule has 150 valence electrons. The normalized spacial score (nSPS) is 18.6. The Hall–Kier alpha value is -2.53. The van der Waals surface area contributed by atoms with Crippen molar-refractivity contribution >= 4 is 5.91 Å². The van der Waals surface area contributed by atoms with Gasteiger partial charge in [-0.05, 0) is 30.5 Å². The van der Waals surface area contributed by atoms with Crippen LogP contribution >= 0.6 is 0 Å². The molecule has 2 atom stereocenters. The summed E-state index contributed by atoms with van der Waals surface area (Å²) in [7, 11) is 3.34. The number of benzene rings is 2. The van der Waals surface area contributed by atoms with Crippen LogP contribution in [0.25, 0.3) is 0 Å². The van der Waals surface area contributed by atoms with Gasteiger partial charge >= 0.3 is 0 Å². The van der Waals surface area contributed by atoms with Crippen molar-refractivity contribution in [3.8, 4) is 11.5 Å². The van der Waals surface area contributed by atoms with Crippen LogP contribution in [0.15, 0.2) is 48.5 Å². The zero-order valence-electron chi connectivity index (χ0n) is 16.9. The molecule has 1 heterocycles. The molecule has 1 aliphatic heterocycles. The van der Waals surface area contributed by atoms with Gasteiger partial charge in [0.25, 0.3) is 5.91 Å². The Morgan fingerprint density at radius 3 is 2.71 bits per heavy atom. The number of rotatable bonds is 9. The first kappa shape index (κ1) is 20.2. The Morgan fingerprint density at radius 2 is 1.96 bits per heavy atom. The van der Waals surface area contributed by atoms with Crippen LogP contribution in [-0.2, 0) is 11.2 Å². The van der Waals surface area contributed by atoms with Crippen molar-refractivity contribution in [1.29, 1.82) is 0 Å². The first-order valence-corrected chi connectivity index (χ1v) is 10.1. The molecule has 0 aliphatic carbocycles. The lowest BCUT2D eigenvalue weighted by Gasteiger charge is -2.23. The van der Waals surface area contributed by atoms with Gasteiger partial charge in [-0.3, -0.25) is 4.79 Å². The molecule has 3 rings (SSSR count). The molecule has 1 saturated heterocycles. The van der Waals surface area contributed by atoms with Crippen molar-refractivity contribution in [3.05, 3.63) is 59.7 Å². The van der Waals surface area contributed by atoms with E-state index in [2.05, 4.69) is 35.6 Å². The lowest BCUT2D eigenvalue weighted by molar-refractivity contribution is -0.910. The van der Waals surface area contributed by atoms with Gasteiger partial charge < -0.3 is 19.7 Å². The maximum atomic E-state index is 12.5. The third-order valence-corrected chi connectivity index (χ3v) is 5.49. The average Bonchev–Trinajstić information content (AvgIpc) is 3.19. The molecule has 1 unspecified atom stereocenters. The third kappa shape index (κ3) is 5.26. The summed E-state index contributed by atoms with van der Waals surface area (Å²) in [6.07, 6.45) is 4.14. The fourth-order valence-electron chi connectivity index (χ4n) is 4.04. The molecule has 0 aromatic heterocycles. The van der Waals surface area contributed by atoms with E-state index in [4.69, 9.17) is 9.47 Å². The van der Waals surface area contributed by atoms with Gasteiger partial charge in [-0.1, -0.05) is 30.3 Å². The maximum absolute atomic E-state index is 12.5. The molecule has 2 N–H and O–H groups in total. The molecule has 1 aliphatic rings. The number of likely N-dealkylation sites (tertiary alicyclic amines) is 1. The number of hydrogen-bond donors (Lipinski definition) is 2. The molecular formula is C23H31N2O3+. The highest BCUT2D eigenvalue weighted by atomic mass is 16.5. The van der Waals surface area contributed by atoms with E-state index in [1.807, 2.05) is 18.2 Å².